The van der Waals surface area contributed by atoms with E-state index in [1.54, 1.807) is 27.7 Å². The number of aliphatic hydroxyl groups is 1. The molecule has 1 amide bonds. The molecule has 2 N–H and O–H groups in total. The molecule has 0 unspecified atom stereocenters. The van der Waals surface area contributed by atoms with Gasteiger partial charge in [-0.05, 0) is 39.8 Å². The predicted molar refractivity (Wildman–Crippen MR) is 92.1 cm³/mol. The molecule has 1 aliphatic rings. The van der Waals surface area contributed by atoms with Crippen LogP contribution < -0.4 is 14.8 Å². The fourth-order valence-electron chi connectivity index (χ4n) is 2.55. The van der Waals surface area contributed by atoms with Gasteiger partial charge in [0.15, 0.2) is 0 Å². The van der Waals surface area contributed by atoms with Gasteiger partial charge in [-0.3, -0.25) is 0 Å². The molecule has 9 heteroatoms. The van der Waals surface area contributed by atoms with E-state index in [-0.39, 0.29) is 19.0 Å². The third-order valence-corrected chi connectivity index (χ3v) is 3.54. The van der Waals surface area contributed by atoms with Gasteiger partial charge >= 0.3 is 12.7 Å². The largest absolute Gasteiger partial charge is 0.490 e. The SMILES string of the molecule is C[C@H](O)CO[C@@H]1COc2cc(OC(F)F)ccc2[C@@H]1NC(=O)OC(C)(C)C. The molecule has 2 rings (SSSR count). The Labute approximate surface area is 156 Å². The van der Waals surface area contributed by atoms with E-state index in [1.807, 2.05) is 0 Å². The number of aliphatic hydroxyl groups excluding tert-OH is 1. The van der Waals surface area contributed by atoms with Crippen LogP contribution in [0, 0.1) is 0 Å². The Bertz CT molecular complexity index is 647. The fraction of sp³-hybridized carbons (Fsp3) is 0.611. The van der Waals surface area contributed by atoms with Gasteiger partial charge in [0.1, 0.15) is 29.8 Å². The first-order valence-electron chi connectivity index (χ1n) is 8.56. The van der Waals surface area contributed by atoms with Gasteiger partial charge in [-0.25, -0.2) is 4.79 Å². The van der Waals surface area contributed by atoms with E-state index in [2.05, 4.69) is 10.1 Å². The minimum absolute atomic E-state index is 0.0441. The summed E-state index contributed by atoms with van der Waals surface area (Å²) in [6.07, 6.45) is -1.95. The molecular weight excluding hydrogens is 364 g/mol. The second-order valence-corrected chi connectivity index (χ2v) is 7.23. The summed E-state index contributed by atoms with van der Waals surface area (Å²) in [7, 11) is 0. The first-order chi connectivity index (χ1) is 12.5. The molecular formula is C18H25F2NO6. The van der Waals surface area contributed by atoms with Crippen molar-refractivity contribution >= 4 is 6.09 Å². The Morgan fingerprint density at radius 3 is 2.70 bits per heavy atom. The van der Waals surface area contributed by atoms with E-state index in [4.69, 9.17) is 14.2 Å². The van der Waals surface area contributed by atoms with Crippen LogP contribution in [-0.2, 0) is 9.47 Å². The van der Waals surface area contributed by atoms with E-state index >= 15 is 0 Å². The van der Waals surface area contributed by atoms with Crippen molar-refractivity contribution in [3.63, 3.8) is 0 Å². The van der Waals surface area contributed by atoms with Crippen LogP contribution in [0.25, 0.3) is 0 Å². The number of nitrogens with one attached hydrogen (secondary N) is 1. The Hall–Kier alpha value is -2.13. The quantitative estimate of drug-likeness (QED) is 0.778. The summed E-state index contributed by atoms with van der Waals surface area (Å²) in [5, 5.41) is 12.2. The number of halogens is 2. The molecule has 27 heavy (non-hydrogen) atoms. The van der Waals surface area contributed by atoms with Crippen molar-refractivity contribution in [3.8, 4) is 11.5 Å². The van der Waals surface area contributed by atoms with Gasteiger partial charge in [0.2, 0.25) is 0 Å². The second-order valence-electron chi connectivity index (χ2n) is 7.23. The van der Waals surface area contributed by atoms with Crippen molar-refractivity contribution in [2.45, 2.75) is 58.2 Å². The standard InChI is InChI=1S/C18H25F2NO6/c1-10(22)8-24-14-9-25-13-7-11(26-16(19)20)5-6-12(13)15(14)21-17(23)27-18(2,3)4/h5-7,10,14-16,22H,8-9H2,1-4H3,(H,21,23)/t10-,14+,15-/m0/s1. The van der Waals surface area contributed by atoms with Crippen LogP contribution in [0.1, 0.15) is 39.3 Å². The third kappa shape index (κ3) is 6.51. The Morgan fingerprint density at radius 1 is 1.41 bits per heavy atom. The zero-order valence-corrected chi connectivity index (χ0v) is 15.7. The van der Waals surface area contributed by atoms with E-state index in [0.29, 0.717) is 11.3 Å². The van der Waals surface area contributed by atoms with Crippen molar-refractivity contribution in [2.75, 3.05) is 13.2 Å². The lowest BCUT2D eigenvalue weighted by Gasteiger charge is -2.34. The summed E-state index contributed by atoms with van der Waals surface area (Å²) in [4.78, 5) is 12.2. The molecule has 0 saturated heterocycles. The molecule has 1 aromatic rings. The number of amides is 1. The lowest BCUT2D eigenvalue weighted by molar-refractivity contribution is -0.0525. The summed E-state index contributed by atoms with van der Waals surface area (Å²) in [5.74, 6) is 0.245. The van der Waals surface area contributed by atoms with Crippen LogP contribution in [0.15, 0.2) is 18.2 Å². The molecule has 0 spiro atoms. The third-order valence-electron chi connectivity index (χ3n) is 3.54. The number of carbonyl (C=O) groups excluding carboxylic acids is 1. The van der Waals surface area contributed by atoms with Crippen molar-refractivity contribution in [2.24, 2.45) is 0 Å². The summed E-state index contributed by atoms with van der Waals surface area (Å²) >= 11 is 0. The molecule has 3 atom stereocenters. The van der Waals surface area contributed by atoms with Crippen molar-refractivity contribution in [1.29, 1.82) is 0 Å². The number of alkyl carbamates (subject to hydrolysis) is 1. The zero-order chi connectivity index (χ0) is 20.2. The summed E-state index contributed by atoms with van der Waals surface area (Å²) in [5.41, 5.74) is -0.160. The Balaban J connectivity index is 2.23. The van der Waals surface area contributed by atoms with E-state index in [0.717, 1.165) is 0 Å². The van der Waals surface area contributed by atoms with Crippen molar-refractivity contribution in [1.82, 2.24) is 5.32 Å². The molecule has 0 aliphatic carbocycles. The lowest BCUT2D eigenvalue weighted by atomic mass is 9.98. The number of hydrogen-bond donors (Lipinski definition) is 2. The number of benzene rings is 1. The van der Waals surface area contributed by atoms with Gasteiger partial charge in [0.05, 0.1) is 18.8 Å². The van der Waals surface area contributed by atoms with Gasteiger partial charge in [-0.1, -0.05) is 0 Å². The van der Waals surface area contributed by atoms with Crippen LogP contribution in [-0.4, -0.2) is 48.8 Å². The summed E-state index contributed by atoms with van der Waals surface area (Å²) in [6.45, 7) is 3.92. The smallest absolute Gasteiger partial charge is 0.408 e. The average molecular weight is 389 g/mol. The normalized spacial score (nSPS) is 20.4. The van der Waals surface area contributed by atoms with E-state index in [1.165, 1.54) is 18.2 Å². The number of alkyl halides is 2. The first-order valence-corrected chi connectivity index (χ1v) is 8.56. The lowest BCUT2D eigenvalue weighted by Crippen LogP contribution is -2.45. The Morgan fingerprint density at radius 2 is 2.11 bits per heavy atom. The number of hydrogen-bond acceptors (Lipinski definition) is 6. The minimum atomic E-state index is -2.95. The van der Waals surface area contributed by atoms with Crippen molar-refractivity contribution < 1.29 is 37.6 Å². The molecule has 0 radical (unpaired) electrons. The molecule has 0 fully saturated rings. The second kappa shape index (κ2) is 8.71. The van der Waals surface area contributed by atoms with Gasteiger partial charge < -0.3 is 29.4 Å². The van der Waals surface area contributed by atoms with Gasteiger partial charge in [-0.15, -0.1) is 0 Å². The molecule has 1 heterocycles. The highest BCUT2D eigenvalue weighted by atomic mass is 19.3. The topological polar surface area (TPSA) is 86.3 Å². The maximum absolute atomic E-state index is 12.4. The molecule has 0 aromatic heterocycles. The molecule has 0 bridgehead atoms. The zero-order valence-electron chi connectivity index (χ0n) is 15.7. The van der Waals surface area contributed by atoms with Crippen LogP contribution >= 0.6 is 0 Å². The van der Waals surface area contributed by atoms with Crippen LogP contribution in [0.5, 0.6) is 11.5 Å². The molecule has 0 saturated carbocycles. The summed E-state index contributed by atoms with van der Waals surface area (Å²) in [6, 6.07) is 3.56. The average Bonchev–Trinajstić information content (AvgIpc) is 2.51. The van der Waals surface area contributed by atoms with Gasteiger partial charge in [0, 0.05) is 11.6 Å². The van der Waals surface area contributed by atoms with Crippen LogP contribution in [0.3, 0.4) is 0 Å². The predicted octanol–water partition coefficient (Wildman–Crippen LogP) is 3.01. The van der Waals surface area contributed by atoms with Gasteiger partial charge in [-0.2, -0.15) is 8.78 Å². The van der Waals surface area contributed by atoms with Crippen LogP contribution in [0.4, 0.5) is 13.6 Å². The van der Waals surface area contributed by atoms with E-state index < -0.39 is 36.6 Å². The molecule has 152 valence electrons. The monoisotopic (exact) mass is 389 g/mol. The van der Waals surface area contributed by atoms with Gasteiger partial charge in [0.25, 0.3) is 0 Å². The molecule has 1 aromatic carbocycles. The highest BCUT2D eigenvalue weighted by Gasteiger charge is 2.35. The maximum atomic E-state index is 12.4. The van der Waals surface area contributed by atoms with Crippen LogP contribution in [0.2, 0.25) is 0 Å². The minimum Gasteiger partial charge on any atom is -0.490 e. The Kier molecular flexibility index (Phi) is 6.83. The van der Waals surface area contributed by atoms with E-state index in [9.17, 15) is 18.7 Å². The highest BCUT2D eigenvalue weighted by molar-refractivity contribution is 5.69. The first kappa shape index (κ1) is 21.2. The van der Waals surface area contributed by atoms with Crippen molar-refractivity contribution in [3.05, 3.63) is 23.8 Å². The highest BCUT2D eigenvalue weighted by Crippen LogP contribution is 2.36. The number of rotatable bonds is 6. The number of ether oxygens (including phenoxy) is 4. The molecule has 1 aliphatic heterocycles. The maximum Gasteiger partial charge on any atom is 0.408 e. The molecule has 7 nitrogen and oxygen atoms in total. The number of fused-ring (bicyclic) bond motifs is 1. The number of carbonyl (C=O) groups is 1. The fourth-order valence-corrected chi connectivity index (χ4v) is 2.55. The summed E-state index contributed by atoms with van der Waals surface area (Å²) < 4.78 is 45.7.